The maximum Gasteiger partial charge on any atom is 0.231 e. The lowest BCUT2D eigenvalue weighted by molar-refractivity contribution is -0.117. The molecule has 0 fully saturated rings. The van der Waals surface area contributed by atoms with Gasteiger partial charge in [-0.1, -0.05) is 41.0 Å². The molecule has 0 saturated carbocycles. The fourth-order valence-electron chi connectivity index (χ4n) is 0.174. The number of primary amides is 1. The zero-order chi connectivity index (χ0) is 11.3. The lowest BCUT2D eigenvalue weighted by Gasteiger charge is -1.90. The van der Waals surface area contributed by atoms with E-state index in [9.17, 15) is 4.79 Å². The lowest BCUT2D eigenvalue weighted by Crippen LogP contribution is -2.25. The number of hydrogen-bond donors (Lipinski definition) is 2. The second-order valence-electron chi connectivity index (χ2n) is 2.80. The van der Waals surface area contributed by atoms with E-state index >= 15 is 0 Å². The highest BCUT2D eigenvalue weighted by atomic mass is 16.1. The molecule has 0 aromatic heterocycles. The van der Waals surface area contributed by atoms with Crippen LogP contribution in [0.2, 0.25) is 0 Å². The molecule has 0 unspecified atom stereocenters. The Hall–Kier alpha value is -0.570. The normalized spacial score (nSPS) is 7.92. The fourth-order valence-corrected chi connectivity index (χ4v) is 0.174. The highest BCUT2D eigenvalue weighted by Gasteiger charge is 1.82. The third-order valence-corrected chi connectivity index (χ3v) is 1.17. The van der Waals surface area contributed by atoms with Crippen LogP contribution in [0, 0.1) is 5.92 Å². The molecular weight excluding hydrogens is 164 g/mol. The average Bonchev–Trinajstić information content (AvgIpc) is 2.09. The van der Waals surface area contributed by atoms with Crippen molar-refractivity contribution in [3.63, 3.8) is 0 Å². The minimum atomic E-state index is -0.322. The summed E-state index contributed by atoms with van der Waals surface area (Å²) in [7, 11) is 1.67. The second-order valence-corrected chi connectivity index (χ2v) is 2.80. The number of rotatable bonds is 3. The third kappa shape index (κ3) is 51.8. The van der Waals surface area contributed by atoms with Gasteiger partial charge in [0.2, 0.25) is 5.91 Å². The number of hydrogen-bond acceptors (Lipinski definition) is 2. The molecule has 0 saturated heterocycles. The first kappa shape index (κ1) is 18.3. The van der Waals surface area contributed by atoms with Crippen LogP contribution in [0.15, 0.2) is 0 Å². The van der Waals surface area contributed by atoms with Crippen LogP contribution in [0.1, 0.15) is 41.0 Å². The Balaban J connectivity index is -0.000000131. The Morgan fingerprint density at radius 1 is 1.38 bits per heavy atom. The van der Waals surface area contributed by atoms with Crippen molar-refractivity contribution in [2.24, 2.45) is 11.7 Å². The molecule has 0 aromatic rings. The third-order valence-electron chi connectivity index (χ3n) is 1.17. The Kier molecular flexibility index (Phi) is 24.6. The van der Waals surface area contributed by atoms with Crippen LogP contribution in [0.3, 0.4) is 0 Å². The van der Waals surface area contributed by atoms with Crippen LogP contribution < -0.4 is 11.1 Å². The summed E-state index contributed by atoms with van der Waals surface area (Å²) in [6.07, 6.45) is 1.31. The second kappa shape index (κ2) is 17.5. The molecule has 0 heterocycles. The zero-order valence-electron chi connectivity index (χ0n) is 9.98. The molecule has 0 bridgehead atoms. The summed E-state index contributed by atoms with van der Waals surface area (Å²) in [6, 6.07) is 0. The Bertz CT molecular complexity index is 92.9. The Morgan fingerprint density at radius 2 is 1.69 bits per heavy atom. The number of nitrogens with one attached hydrogen (secondary N) is 1. The molecule has 3 nitrogen and oxygen atoms in total. The molecule has 1 amide bonds. The van der Waals surface area contributed by atoms with E-state index in [1.54, 1.807) is 7.05 Å². The topological polar surface area (TPSA) is 55.1 Å². The highest BCUT2D eigenvalue weighted by molar-refractivity contribution is 5.75. The molecule has 13 heavy (non-hydrogen) atoms. The first-order valence-corrected chi connectivity index (χ1v) is 4.97. The van der Waals surface area contributed by atoms with E-state index in [-0.39, 0.29) is 12.5 Å². The molecular formula is C10H26N2O. The number of amides is 1. The first-order chi connectivity index (χ1) is 6.04. The van der Waals surface area contributed by atoms with Gasteiger partial charge in [0.15, 0.2) is 0 Å². The molecule has 3 N–H and O–H groups in total. The minimum Gasteiger partial charge on any atom is -0.369 e. The fraction of sp³-hybridized carbons (Fsp3) is 0.900. The molecule has 0 aromatic carbocycles. The molecule has 0 radical (unpaired) electrons. The highest BCUT2D eigenvalue weighted by Crippen LogP contribution is 1.93. The Labute approximate surface area is 83.1 Å². The van der Waals surface area contributed by atoms with Gasteiger partial charge in [0.05, 0.1) is 6.54 Å². The van der Waals surface area contributed by atoms with Crippen LogP contribution in [0.25, 0.3) is 0 Å². The molecule has 0 rings (SSSR count). The summed E-state index contributed by atoms with van der Waals surface area (Å²) < 4.78 is 0. The summed E-state index contributed by atoms with van der Waals surface area (Å²) in [5.74, 6) is 0.563. The number of carbonyl (C=O) groups is 1. The molecule has 82 valence electrons. The van der Waals surface area contributed by atoms with Gasteiger partial charge in [0.1, 0.15) is 0 Å². The van der Waals surface area contributed by atoms with Gasteiger partial charge in [-0.3, -0.25) is 4.79 Å². The first-order valence-electron chi connectivity index (χ1n) is 4.97. The molecule has 0 atom stereocenters. The molecule has 0 aliphatic carbocycles. The van der Waals surface area contributed by atoms with Crippen molar-refractivity contribution in [3.8, 4) is 0 Å². The van der Waals surface area contributed by atoms with Crippen LogP contribution in [-0.4, -0.2) is 19.5 Å². The van der Waals surface area contributed by atoms with Crippen LogP contribution >= 0.6 is 0 Å². The predicted molar refractivity (Wildman–Crippen MR) is 59.6 cm³/mol. The monoisotopic (exact) mass is 190 g/mol. The zero-order valence-corrected chi connectivity index (χ0v) is 9.98. The number of nitrogens with two attached hydrogens (primary N) is 1. The van der Waals surface area contributed by atoms with Crippen molar-refractivity contribution >= 4 is 5.91 Å². The van der Waals surface area contributed by atoms with Gasteiger partial charge in [-0.25, -0.2) is 0 Å². The summed E-state index contributed by atoms with van der Waals surface area (Å²) in [6.45, 7) is 10.9. The predicted octanol–water partition coefficient (Wildman–Crippen LogP) is 1.77. The standard InChI is InChI=1S/C5H12.C3H8N2O.C2H6/c1-4-5(2)3;1-5-2-3(4)6;1-2/h5H,4H2,1-3H3;5H,2H2,1H3,(H2,4,6);1-2H3. The van der Waals surface area contributed by atoms with Gasteiger partial charge in [-0.15, -0.1) is 0 Å². The Morgan fingerprint density at radius 3 is 1.69 bits per heavy atom. The smallest absolute Gasteiger partial charge is 0.231 e. The minimum absolute atomic E-state index is 0.264. The van der Waals surface area contributed by atoms with Gasteiger partial charge in [0, 0.05) is 0 Å². The molecule has 0 spiro atoms. The van der Waals surface area contributed by atoms with E-state index in [4.69, 9.17) is 5.73 Å². The number of carbonyl (C=O) groups excluding carboxylic acids is 1. The SMILES string of the molecule is CC.CCC(C)C.CNCC(N)=O. The van der Waals surface area contributed by atoms with Crippen molar-refractivity contribution in [2.75, 3.05) is 13.6 Å². The maximum atomic E-state index is 9.76. The van der Waals surface area contributed by atoms with E-state index in [0.717, 1.165) is 5.92 Å². The maximum absolute atomic E-state index is 9.76. The summed E-state index contributed by atoms with van der Waals surface area (Å²) in [4.78, 5) is 9.76. The van der Waals surface area contributed by atoms with Gasteiger partial charge < -0.3 is 11.1 Å². The van der Waals surface area contributed by atoms with E-state index in [2.05, 4.69) is 26.1 Å². The van der Waals surface area contributed by atoms with Crippen molar-refractivity contribution in [3.05, 3.63) is 0 Å². The number of likely N-dealkylation sites (N-methyl/N-ethyl adjacent to an activating group) is 1. The van der Waals surface area contributed by atoms with Crippen LogP contribution in [0.5, 0.6) is 0 Å². The van der Waals surface area contributed by atoms with E-state index in [1.165, 1.54) is 6.42 Å². The van der Waals surface area contributed by atoms with E-state index in [1.807, 2.05) is 13.8 Å². The molecule has 0 aliphatic rings. The summed E-state index contributed by atoms with van der Waals surface area (Å²) >= 11 is 0. The summed E-state index contributed by atoms with van der Waals surface area (Å²) in [5, 5.41) is 2.59. The molecule has 3 heteroatoms. The van der Waals surface area contributed by atoms with Crippen molar-refractivity contribution < 1.29 is 4.79 Å². The lowest BCUT2D eigenvalue weighted by atomic mass is 10.2. The van der Waals surface area contributed by atoms with E-state index in [0.29, 0.717) is 0 Å². The molecule has 0 aliphatic heterocycles. The summed E-state index contributed by atoms with van der Waals surface area (Å²) in [5.41, 5.74) is 4.70. The van der Waals surface area contributed by atoms with Gasteiger partial charge in [-0.2, -0.15) is 0 Å². The van der Waals surface area contributed by atoms with Gasteiger partial charge >= 0.3 is 0 Å². The average molecular weight is 190 g/mol. The van der Waals surface area contributed by atoms with Crippen molar-refractivity contribution in [1.29, 1.82) is 0 Å². The van der Waals surface area contributed by atoms with Gasteiger partial charge in [0.25, 0.3) is 0 Å². The van der Waals surface area contributed by atoms with Crippen LogP contribution in [0.4, 0.5) is 0 Å². The largest absolute Gasteiger partial charge is 0.369 e. The van der Waals surface area contributed by atoms with Crippen molar-refractivity contribution in [2.45, 2.75) is 41.0 Å². The van der Waals surface area contributed by atoms with E-state index < -0.39 is 0 Å². The van der Waals surface area contributed by atoms with Gasteiger partial charge in [-0.05, 0) is 13.0 Å². The van der Waals surface area contributed by atoms with Crippen molar-refractivity contribution in [1.82, 2.24) is 5.32 Å². The van der Waals surface area contributed by atoms with Crippen LogP contribution in [-0.2, 0) is 4.79 Å². The quantitative estimate of drug-likeness (QED) is 0.712.